The molecule has 3 aromatic rings. The third-order valence-electron chi connectivity index (χ3n) is 6.81. The van der Waals surface area contributed by atoms with Crippen LogP contribution in [0.2, 0.25) is 0 Å². The molecule has 41 heavy (non-hydrogen) atoms. The molecule has 1 aliphatic carbocycles. The van der Waals surface area contributed by atoms with Gasteiger partial charge < -0.3 is 11.1 Å². The van der Waals surface area contributed by atoms with Crippen LogP contribution >= 0.6 is 39.0 Å². The van der Waals surface area contributed by atoms with Crippen LogP contribution in [0.4, 0.5) is 10.8 Å². The van der Waals surface area contributed by atoms with E-state index < -0.39 is 5.92 Å². The number of carbonyl (C=O) groups excluding carboxylic acids is 2. The third-order valence-corrected chi connectivity index (χ3v) is 9.57. The summed E-state index contributed by atoms with van der Waals surface area (Å²) in [4.78, 5) is 27.9. The van der Waals surface area contributed by atoms with Gasteiger partial charge in [0.25, 0.3) is 0 Å². The first-order valence-corrected chi connectivity index (χ1v) is 15.2. The number of allylic oxidation sites excluding steroid dienone is 3. The van der Waals surface area contributed by atoms with Crippen molar-refractivity contribution in [3.05, 3.63) is 86.8 Å². The van der Waals surface area contributed by atoms with Crippen LogP contribution in [0.3, 0.4) is 0 Å². The number of benzene rings is 2. The lowest BCUT2D eigenvalue weighted by Gasteiger charge is -2.42. The number of amides is 1. The summed E-state index contributed by atoms with van der Waals surface area (Å²) in [6.07, 6.45) is 0.911. The van der Waals surface area contributed by atoms with Gasteiger partial charge in [-0.15, -0.1) is 10.2 Å². The molecule has 0 radical (unpaired) electrons. The van der Waals surface area contributed by atoms with Crippen molar-refractivity contribution in [1.29, 1.82) is 10.5 Å². The van der Waals surface area contributed by atoms with Crippen LogP contribution in [0.1, 0.15) is 43.7 Å². The molecule has 1 aromatic heterocycles. The monoisotopic (exact) mass is 645 g/mol. The maximum absolute atomic E-state index is 13.7. The van der Waals surface area contributed by atoms with Gasteiger partial charge in [0.2, 0.25) is 11.0 Å². The molecule has 1 aliphatic heterocycles. The van der Waals surface area contributed by atoms with Crippen LogP contribution in [0.5, 0.6) is 0 Å². The second-order valence-corrected chi connectivity index (χ2v) is 13.4. The Labute approximate surface area is 253 Å². The molecule has 1 amide bonds. The van der Waals surface area contributed by atoms with Gasteiger partial charge in [0.15, 0.2) is 10.1 Å². The lowest BCUT2D eigenvalue weighted by atomic mass is 9.69. The Morgan fingerprint density at radius 2 is 1.90 bits per heavy atom. The van der Waals surface area contributed by atoms with Crippen molar-refractivity contribution in [2.24, 2.45) is 11.1 Å². The molecule has 1 unspecified atom stereocenters. The van der Waals surface area contributed by atoms with Crippen molar-refractivity contribution in [1.82, 2.24) is 10.2 Å². The summed E-state index contributed by atoms with van der Waals surface area (Å²) in [6.45, 7) is 4.07. The fraction of sp³-hybridized carbons (Fsp3) is 0.241. The largest absolute Gasteiger partial charge is 0.384 e. The number of aromatic nitrogens is 2. The van der Waals surface area contributed by atoms with Crippen molar-refractivity contribution < 1.29 is 9.59 Å². The number of nitrogens with two attached hydrogens (primary N) is 1. The molecular weight excluding hydrogens is 622 g/mol. The minimum atomic E-state index is -0.599. The number of nitrogens with zero attached hydrogens (tertiary/aromatic N) is 5. The Morgan fingerprint density at radius 1 is 1.17 bits per heavy atom. The van der Waals surface area contributed by atoms with Crippen molar-refractivity contribution in [2.45, 2.75) is 36.9 Å². The summed E-state index contributed by atoms with van der Waals surface area (Å²) in [5.41, 5.74) is 9.81. The molecule has 206 valence electrons. The number of ketones is 1. The number of nitrogens with one attached hydrogen (secondary N) is 1. The zero-order valence-corrected chi connectivity index (χ0v) is 25.4. The Kier molecular flexibility index (Phi) is 8.00. The first-order valence-electron chi connectivity index (χ1n) is 12.6. The molecule has 2 heterocycles. The minimum Gasteiger partial charge on any atom is -0.384 e. The molecule has 12 heteroatoms. The van der Waals surface area contributed by atoms with Crippen LogP contribution in [0.25, 0.3) is 0 Å². The standard InChI is InChI=1S/C29H24BrN7O2S2/c1-29(2)11-21-25(22(38)12-29)24(18-5-3-4-6-20(18)30)19(14-32)26(33)37(21)27-35-36-28(41-27)40-15-23(39)34-17-9-7-16(13-31)8-10-17/h3-10,24H,11-12,15,33H2,1-2H3,(H,34,39). The Hall–Kier alpha value is -3.97. The quantitative estimate of drug-likeness (QED) is 0.315. The summed E-state index contributed by atoms with van der Waals surface area (Å²) in [7, 11) is 0. The predicted molar refractivity (Wildman–Crippen MR) is 162 cm³/mol. The van der Waals surface area contributed by atoms with Crippen LogP contribution < -0.4 is 16.0 Å². The van der Waals surface area contributed by atoms with Crippen LogP contribution in [0, 0.1) is 28.1 Å². The van der Waals surface area contributed by atoms with Gasteiger partial charge in [-0.1, -0.05) is 71.1 Å². The fourth-order valence-electron chi connectivity index (χ4n) is 5.05. The number of hydrogen-bond donors (Lipinski definition) is 2. The number of halogens is 1. The Morgan fingerprint density at radius 3 is 2.59 bits per heavy atom. The predicted octanol–water partition coefficient (Wildman–Crippen LogP) is 5.84. The molecule has 0 bridgehead atoms. The van der Waals surface area contributed by atoms with E-state index >= 15 is 0 Å². The number of anilines is 2. The maximum Gasteiger partial charge on any atom is 0.234 e. The van der Waals surface area contributed by atoms with E-state index in [9.17, 15) is 14.9 Å². The fourth-order valence-corrected chi connectivity index (χ4v) is 7.25. The van der Waals surface area contributed by atoms with Gasteiger partial charge >= 0.3 is 0 Å². The number of Topliss-reactive ketones (excluding diaryl/α,β-unsaturated/α-hetero) is 1. The van der Waals surface area contributed by atoms with Crippen molar-refractivity contribution >= 4 is 61.5 Å². The van der Waals surface area contributed by atoms with E-state index in [1.807, 2.05) is 44.2 Å². The minimum absolute atomic E-state index is 0.0270. The molecule has 3 N–H and O–H groups in total. The molecule has 0 saturated carbocycles. The molecule has 5 rings (SSSR count). The SMILES string of the molecule is CC1(C)CC(=O)C2=C(C1)N(c1nnc(SCC(=O)Nc3ccc(C#N)cc3)s1)C(N)=C(C#N)C2c1ccccc1Br. The van der Waals surface area contributed by atoms with E-state index in [1.54, 1.807) is 29.2 Å². The number of nitriles is 2. The highest BCUT2D eigenvalue weighted by Crippen LogP contribution is 2.51. The van der Waals surface area contributed by atoms with Gasteiger partial charge in [-0.2, -0.15) is 10.5 Å². The summed E-state index contributed by atoms with van der Waals surface area (Å²) >= 11 is 6.06. The zero-order valence-electron chi connectivity index (χ0n) is 22.1. The molecule has 0 saturated heterocycles. The number of hydrogen-bond acceptors (Lipinski definition) is 10. The van der Waals surface area contributed by atoms with Gasteiger partial charge in [-0.25, -0.2) is 0 Å². The highest BCUT2D eigenvalue weighted by atomic mass is 79.9. The van der Waals surface area contributed by atoms with Crippen LogP contribution in [-0.2, 0) is 9.59 Å². The van der Waals surface area contributed by atoms with E-state index in [-0.39, 0.29) is 34.3 Å². The average molecular weight is 647 g/mol. The van der Waals surface area contributed by atoms with Gasteiger partial charge in [0.1, 0.15) is 5.82 Å². The zero-order chi connectivity index (χ0) is 29.3. The number of thioether (sulfide) groups is 1. The van der Waals surface area contributed by atoms with E-state index in [0.29, 0.717) is 39.1 Å². The van der Waals surface area contributed by atoms with Crippen molar-refractivity contribution in [3.8, 4) is 12.1 Å². The van der Waals surface area contributed by atoms with Gasteiger partial charge in [0, 0.05) is 27.9 Å². The van der Waals surface area contributed by atoms with Crippen molar-refractivity contribution in [2.75, 3.05) is 16.0 Å². The number of rotatable bonds is 6. The molecular formula is C29H24BrN7O2S2. The lowest BCUT2D eigenvalue weighted by Crippen LogP contribution is -2.42. The molecule has 1 atom stereocenters. The van der Waals surface area contributed by atoms with Gasteiger partial charge in [0.05, 0.1) is 34.9 Å². The smallest absolute Gasteiger partial charge is 0.234 e. The molecule has 0 spiro atoms. The van der Waals surface area contributed by atoms with E-state index in [0.717, 1.165) is 15.7 Å². The summed E-state index contributed by atoms with van der Waals surface area (Å²) in [6, 6.07) is 18.5. The highest BCUT2D eigenvalue weighted by Gasteiger charge is 2.45. The van der Waals surface area contributed by atoms with Crippen molar-refractivity contribution in [3.63, 3.8) is 0 Å². The average Bonchev–Trinajstić information content (AvgIpc) is 3.40. The Bertz CT molecular complexity index is 1700. The van der Waals surface area contributed by atoms with E-state index in [1.165, 1.54) is 23.1 Å². The topological polar surface area (TPSA) is 149 Å². The number of carbonyl (C=O) groups is 2. The first kappa shape index (κ1) is 28.6. The lowest BCUT2D eigenvalue weighted by molar-refractivity contribution is -0.118. The summed E-state index contributed by atoms with van der Waals surface area (Å²) < 4.78 is 1.33. The molecule has 0 fully saturated rings. The Balaban J connectivity index is 1.45. The van der Waals surface area contributed by atoms with E-state index in [2.05, 4.69) is 37.5 Å². The van der Waals surface area contributed by atoms with Gasteiger partial charge in [-0.3, -0.25) is 14.5 Å². The molecule has 2 aliphatic rings. The van der Waals surface area contributed by atoms with Crippen LogP contribution in [-0.4, -0.2) is 27.6 Å². The maximum atomic E-state index is 13.7. The third kappa shape index (κ3) is 5.77. The normalized spacial score (nSPS) is 18.0. The van der Waals surface area contributed by atoms with Crippen LogP contribution in [0.15, 0.2) is 80.0 Å². The highest BCUT2D eigenvalue weighted by molar-refractivity contribution is 9.10. The summed E-state index contributed by atoms with van der Waals surface area (Å²) in [5, 5.41) is 31.0. The second-order valence-electron chi connectivity index (χ2n) is 10.4. The second kappa shape index (κ2) is 11.5. The molecule has 9 nitrogen and oxygen atoms in total. The molecule has 2 aromatic carbocycles. The van der Waals surface area contributed by atoms with E-state index in [4.69, 9.17) is 11.0 Å². The van der Waals surface area contributed by atoms with Gasteiger partial charge in [-0.05, 0) is 47.7 Å². The summed E-state index contributed by atoms with van der Waals surface area (Å²) in [5.74, 6) is -0.559. The first-order chi connectivity index (χ1) is 19.6.